The molecular formula is C13H18N2O5. The van der Waals surface area contributed by atoms with Gasteiger partial charge in [-0.3, -0.25) is 4.79 Å². The number of hydrogen-bond donors (Lipinski definition) is 3. The molecule has 0 aromatic heterocycles. The van der Waals surface area contributed by atoms with E-state index < -0.39 is 17.9 Å². The molecule has 1 rings (SSSR count). The first-order chi connectivity index (χ1) is 9.49. The van der Waals surface area contributed by atoms with E-state index in [4.69, 9.17) is 20.3 Å². The predicted octanol–water partition coefficient (Wildman–Crippen LogP) is 0.497. The van der Waals surface area contributed by atoms with Crippen LogP contribution in [0.4, 0.5) is 5.69 Å². The molecule has 0 radical (unpaired) electrons. The zero-order valence-corrected chi connectivity index (χ0v) is 11.4. The van der Waals surface area contributed by atoms with Crippen molar-refractivity contribution in [3.05, 3.63) is 23.8 Å². The molecule has 0 bridgehead atoms. The molecule has 7 nitrogen and oxygen atoms in total. The summed E-state index contributed by atoms with van der Waals surface area (Å²) in [6, 6.07) is 3.57. The Kier molecular flexibility index (Phi) is 5.79. The molecule has 0 aliphatic carbocycles. The second kappa shape index (κ2) is 7.34. The van der Waals surface area contributed by atoms with Crippen LogP contribution in [0.15, 0.2) is 18.2 Å². The number of carboxylic acid groups (broad SMARTS) is 1. The molecule has 1 aromatic rings. The normalized spacial score (nSPS) is 11.7. The van der Waals surface area contributed by atoms with Gasteiger partial charge in [0.05, 0.1) is 12.7 Å². The summed E-state index contributed by atoms with van der Waals surface area (Å²) < 4.78 is 9.82. The molecule has 0 aliphatic rings. The SMILES string of the molecule is COCCC(NC(=O)c1cc(OC)ccc1N)C(=O)O. The van der Waals surface area contributed by atoms with Gasteiger partial charge in [-0.2, -0.15) is 0 Å². The van der Waals surface area contributed by atoms with Crippen molar-refractivity contribution in [3.63, 3.8) is 0 Å². The second-order valence-electron chi connectivity index (χ2n) is 4.10. The van der Waals surface area contributed by atoms with Crippen molar-refractivity contribution in [2.75, 3.05) is 26.6 Å². The molecule has 1 aromatic carbocycles. The van der Waals surface area contributed by atoms with E-state index in [2.05, 4.69) is 5.32 Å². The number of nitrogen functional groups attached to an aromatic ring is 1. The maximum atomic E-state index is 12.1. The van der Waals surface area contributed by atoms with E-state index in [-0.39, 0.29) is 24.3 Å². The van der Waals surface area contributed by atoms with E-state index in [0.29, 0.717) is 5.75 Å². The van der Waals surface area contributed by atoms with Gasteiger partial charge >= 0.3 is 5.97 Å². The van der Waals surface area contributed by atoms with Gasteiger partial charge in [-0.1, -0.05) is 0 Å². The number of methoxy groups -OCH3 is 2. The number of amides is 1. The summed E-state index contributed by atoms with van der Waals surface area (Å²) in [6.07, 6.45) is 0.168. The van der Waals surface area contributed by atoms with Crippen LogP contribution < -0.4 is 15.8 Å². The number of nitrogens with one attached hydrogen (secondary N) is 1. The van der Waals surface area contributed by atoms with Crippen molar-refractivity contribution in [1.82, 2.24) is 5.32 Å². The van der Waals surface area contributed by atoms with Gasteiger partial charge in [-0.15, -0.1) is 0 Å². The number of carboxylic acids is 1. The van der Waals surface area contributed by atoms with Crippen molar-refractivity contribution in [2.24, 2.45) is 0 Å². The number of carbonyl (C=O) groups is 2. The maximum absolute atomic E-state index is 12.1. The Balaban J connectivity index is 2.85. The van der Waals surface area contributed by atoms with Gasteiger partial charge in [0.15, 0.2) is 0 Å². The number of aliphatic carboxylic acids is 1. The molecule has 0 heterocycles. The fraction of sp³-hybridized carbons (Fsp3) is 0.385. The Labute approximate surface area is 116 Å². The molecule has 20 heavy (non-hydrogen) atoms. The van der Waals surface area contributed by atoms with Gasteiger partial charge in [-0.05, 0) is 18.2 Å². The van der Waals surface area contributed by atoms with E-state index in [0.717, 1.165) is 0 Å². The van der Waals surface area contributed by atoms with Crippen molar-refractivity contribution in [3.8, 4) is 5.75 Å². The molecule has 1 amide bonds. The number of hydrogen-bond acceptors (Lipinski definition) is 5. The number of rotatable bonds is 7. The summed E-state index contributed by atoms with van der Waals surface area (Å²) in [5.41, 5.74) is 6.13. The predicted molar refractivity (Wildman–Crippen MR) is 72.8 cm³/mol. The second-order valence-corrected chi connectivity index (χ2v) is 4.10. The average Bonchev–Trinajstić information content (AvgIpc) is 2.43. The topological polar surface area (TPSA) is 111 Å². The summed E-state index contributed by atoms with van der Waals surface area (Å²) in [5.74, 6) is -1.23. The van der Waals surface area contributed by atoms with Gasteiger partial charge in [-0.25, -0.2) is 4.79 Å². The van der Waals surface area contributed by atoms with Crippen LogP contribution in [0.1, 0.15) is 16.8 Å². The number of benzene rings is 1. The molecule has 4 N–H and O–H groups in total. The fourth-order valence-electron chi connectivity index (χ4n) is 1.59. The van der Waals surface area contributed by atoms with Gasteiger partial charge in [0.1, 0.15) is 11.8 Å². The smallest absolute Gasteiger partial charge is 0.326 e. The standard InChI is InChI=1S/C13H18N2O5/c1-19-6-5-11(13(17)18)15-12(16)9-7-8(20-2)3-4-10(9)14/h3-4,7,11H,5-6,14H2,1-2H3,(H,15,16)(H,17,18). The average molecular weight is 282 g/mol. The molecular weight excluding hydrogens is 264 g/mol. The number of anilines is 1. The van der Waals surface area contributed by atoms with Crippen LogP contribution >= 0.6 is 0 Å². The molecule has 0 fully saturated rings. The molecule has 7 heteroatoms. The highest BCUT2D eigenvalue weighted by Crippen LogP contribution is 2.19. The third-order valence-corrected chi connectivity index (χ3v) is 2.72. The molecule has 0 spiro atoms. The van der Waals surface area contributed by atoms with Crippen molar-refractivity contribution in [2.45, 2.75) is 12.5 Å². The van der Waals surface area contributed by atoms with Crippen molar-refractivity contribution >= 4 is 17.6 Å². The monoisotopic (exact) mass is 282 g/mol. The van der Waals surface area contributed by atoms with Gasteiger partial charge in [0.25, 0.3) is 5.91 Å². The minimum atomic E-state index is -1.13. The highest BCUT2D eigenvalue weighted by atomic mass is 16.5. The Morgan fingerprint density at radius 3 is 2.65 bits per heavy atom. The third kappa shape index (κ3) is 4.13. The number of nitrogens with two attached hydrogens (primary N) is 1. The largest absolute Gasteiger partial charge is 0.497 e. The Morgan fingerprint density at radius 1 is 1.40 bits per heavy atom. The number of ether oxygens (including phenoxy) is 2. The van der Waals surface area contributed by atoms with E-state index in [9.17, 15) is 9.59 Å². The van der Waals surface area contributed by atoms with E-state index in [1.165, 1.54) is 26.4 Å². The van der Waals surface area contributed by atoms with Gasteiger partial charge in [0.2, 0.25) is 0 Å². The summed E-state index contributed by atoms with van der Waals surface area (Å²) >= 11 is 0. The highest BCUT2D eigenvalue weighted by molar-refractivity contribution is 6.01. The first-order valence-corrected chi connectivity index (χ1v) is 5.95. The lowest BCUT2D eigenvalue weighted by atomic mass is 10.1. The lowest BCUT2D eigenvalue weighted by Gasteiger charge is -2.15. The highest BCUT2D eigenvalue weighted by Gasteiger charge is 2.21. The van der Waals surface area contributed by atoms with Crippen LogP contribution in [0.2, 0.25) is 0 Å². The quantitative estimate of drug-likeness (QED) is 0.628. The van der Waals surface area contributed by atoms with Crippen LogP contribution in [0, 0.1) is 0 Å². The van der Waals surface area contributed by atoms with Crippen molar-refractivity contribution in [1.29, 1.82) is 0 Å². The van der Waals surface area contributed by atoms with Crippen LogP contribution in [0.3, 0.4) is 0 Å². The van der Waals surface area contributed by atoms with E-state index in [1.807, 2.05) is 0 Å². The summed E-state index contributed by atoms with van der Waals surface area (Å²) in [4.78, 5) is 23.1. The molecule has 0 aliphatic heterocycles. The first-order valence-electron chi connectivity index (χ1n) is 5.95. The summed E-state index contributed by atoms with van der Waals surface area (Å²) in [7, 11) is 2.92. The lowest BCUT2D eigenvalue weighted by molar-refractivity contribution is -0.139. The summed E-state index contributed by atoms with van der Waals surface area (Å²) in [5, 5.41) is 11.4. The minimum absolute atomic E-state index is 0.168. The zero-order valence-electron chi connectivity index (χ0n) is 11.4. The number of carbonyl (C=O) groups excluding carboxylic acids is 1. The van der Waals surface area contributed by atoms with Crippen LogP contribution in [-0.2, 0) is 9.53 Å². The van der Waals surface area contributed by atoms with E-state index >= 15 is 0 Å². The minimum Gasteiger partial charge on any atom is -0.497 e. The lowest BCUT2D eigenvalue weighted by Crippen LogP contribution is -2.41. The van der Waals surface area contributed by atoms with Gasteiger partial charge < -0.3 is 25.6 Å². The van der Waals surface area contributed by atoms with Crippen molar-refractivity contribution < 1.29 is 24.2 Å². The Morgan fingerprint density at radius 2 is 2.10 bits per heavy atom. The van der Waals surface area contributed by atoms with E-state index in [1.54, 1.807) is 6.07 Å². The van der Waals surface area contributed by atoms with Gasteiger partial charge in [0, 0.05) is 25.8 Å². The molecule has 1 atom stereocenters. The fourth-order valence-corrected chi connectivity index (χ4v) is 1.59. The summed E-state index contributed by atoms with van der Waals surface area (Å²) in [6.45, 7) is 0.227. The van der Waals surface area contributed by atoms with Crippen LogP contribution in [0.25, 0.3) is 0 Å². The van der Waals surface area contributed by atoms with Crippen LogP contribution in [0.5, 0.6) is 5.75 Å². The molecule has 0 saturated heterocycles. The zero-order chi connectivity index (χ0) is 15.1. The molecule has 0 saturated carbocycles. The first kappa shape index (κ1) is 15.8. The maximum Gasteiger partial charge on any atom is 0.326 e. The van der Waals surface area contributed by atoms with Crippen LogP contribution in [-0.4, -0.2) is 43.9 Å². The molecule has 110 valence electrons. The Hall–Kier alpha value is -2.28. The third-order valence-electron chi connectivity index (χ3n) is 2.72. The molecule has 1 unspecified atom stereocenters. The Bertz CT molecular complexity index is 490.